The molecule has 0 saturated heterocycles. The number of carbonyl (C=O) groups is 1. The first-order valence-electron chi connectivity index (χ1n) is 13.9. The number of aliphatic imine (C=N–C) groups is 1. The number of methoxy groups -OCH3 is 1. The van der Waals surface area contributed by atoms with Crippen LogP contribution in [0.5, 0.6) is 5.75 Å². The molecule has 1 aromatic carbocycles. The zero-order chi connectivity index (χ0) is 31.4. The molecule has 2 aromatic rings. The van der Waals surface area contributed by atoms with Gasteiger partial charge in [0.2, 0.25) is 5.91 Å². The maximum Gasteiger partial charge on any atom is 0.258 e. The second-order valence-corrected chi connectivity index (χ2v) is 10.1. The number of hydrogen-bond donors (Lipinski definition) is 3. The van der Waals surface area contributed by atoms with Crippen molar-refractivity contribution in [3.05, 3.63) is 63.4 Å². The molecule has 42 heavy (non-hydrogen) atoms. The van der Waals surface area contributed by atoms with Gasteiger partial charge in [0.15, 0.2) is 0 Å². The second-order valence-electron chi connectivity index (χ2n) is 10.1. The number of pyridine rings is 1. The Kier molecular flexibility index (Phi) is 13.0. The fraction of sp³-hybridized carbons (Fsp3) is 0.375. The number of anilines is 3. The molecule has 0 saturated carbocycles. The van der Waals surface area contributed by atoms with Crippen LogP contribution in [0.3, 0.4) is 0 Å². The summed E-state index contributed by atoms with van der Waals surface area (Å²) in [6.45, 7) is 10.8. The van der Waals surface area contributed by atoms with Crippen LogP contribution in [0.1, 0.15) is 39.2 Å². The lowest BCUT2D eigenvalue weighted by Crippen LogP contribution is -2.43. The third-order valence-electron chi connectivity index (χ3n) is 6.66. The van der Waals surface area contributed by atoms with Crippen molar-refractivity contribution >= 4 is 52.9 Å². The lowest BCUT2D eigenvalue weighted by atomic mass is 10.1. The predicted octanol–water partition coefficient (Wildman–Crippen LogP) is 3.42. The Morgan fingerprint density at radius 2 is 1.88 bits per heavy atom. The number of benzene rings is 1. The van der Waals surface area contributed by atoms with Crippen LogP contribution in [0.25, 0.3) is 17.8 Å². The minimum Gasteiger partial charge on any atom is -0.494 e. The molecule has 10 heteroatoms. The molecule has 0 spiro atoms. The van der Waals surface area contributed by atoms with E-state index in [4.69, 9.17) is 10.1 Å². The van der Waals surface area contributed by atoms with Gasteiger partial charge in [-0.15, -0.1) is 0 Å². The third-order valence-corrected chi connectivity index (χ3v) is 6.66. The molecule has 0 bridgehead atoms. The van der Waals surface area contributed by atoms with Crippen molar-refractivity contribution in [3.8, 4) is 5.75 Å². The van der Waals surface area contributed by atoms with Gasteiger partial charge >= 0.3 is 0 Å². The van der Waals surface area contributed by atoms with Crippen LogP contribution in [0.4, 0.5) is 17.1 Å². The SMILES string of the molecule is C=CC(=O)Nc1cc(NC(C)=N/C=c2/cc(/C(C=N)=C/C)c(=O)n(C)/c2=C\CCC)c(OC)cc1N(C)CCN(C)C. The minimum absolute atomic E-state index is 0.167. The van der Waals surface area contributed by atoms with E-state index in [9.17, 15) is 9.59 Å². The van der Waals surface area contributed by atoms with E-state index >= 15 is 0 Å². The van der Waals surface area contributed by atoms with E-state index < -0.39 is 0 Å². The largest absolute Gasteiger partial charge is 0.494 e. The number of nitrogens with zero attached hydrogens (tertiary/aromatic N) is 4. The first-order valence-corrected chi connectivity index (χ1v) is 13.9. The number of rotatable bonds is 13. The van der Waals surface area contributed by atoms with Crippen molar-refractivity contribution < 1.29 is 9.53 Å². The maximum absolute atomic E-state index is 13.1. The monoisotopic (exact) mass is 575 g/mol. The molecule has 1 amide bonds. The quantitative estimate of drug-likeness (QED) is 0.192. The number of nitrogens with one attached hydrogen (secondary N) is 3. The van der Waals surface area contributed by atoms with Crippen molar-refractivity contribution in [3.63, 3.8) is 0 Å². The highest BCUT2D eigenvalue weighted by atomic mass is 16.5. The minimum atomic E-state index is -0.320. The van der Waals surface area contributed by atoms with Crippen LogP contribution in [0, 0.1) is 5.41 Å². The normalized spacial score (nSPS) is 12.9. The van der Waals surface area contributed by atoms with Crippen LogP contribution in [-0.4, -0.2) is 68.8 Å². The van der Waals surface area contributed by atoms with E-state index in [1.807, 2.05) is 46.3 Å². The standard InChI is InChI=1S/C32H45N7O3/c1-10-13-14-28-24(17-25(23(11-2)20-33)32(41)39(28)8)21-34-22(4)35-27-18-26(36-31(40)12-3)29(19-30(27)42-9)38(7)16-15-37(5)6/h11-12,14,17-21,33H,3,10,13,15-16H2,1-2,4-9H3,(H,34,35)(H,36,40)/b23-11+,24-21-,28-14-,33-20?. The van der Waals surface area contributed by atoms with Crippen molar-refractivity contribution in [2.45, 2.75) is 33.6 Å². The van der Waals surface area contributed by atoms with E-state index in [1.54, 1.807) is 44.0 Å². The van der Waals surface area contributed by atoms with E-state index in [0.717, 1.165) is 42.2 Å². The van der Waals surface area contributed by atoms with Gasteiger partial charge in [0, 0.05) is 67.4 Å². The molecular formula is C32H45N7O3. The first kappa shape index (κ1) is 33.8. The van der Waals surface area contributed by atoms with Crippen LogP contribution in [-0.2, 0) is 11.8 Å². The van der Waals surface area contributed by atoms with Crippen LogP contribution in [0.15, 0.2) is 46.7 Å². The molecule has 10 nitrogen and oxygen atoms in total. The Bertz CT molecular complexity index is 1530. The average Bonchev–Trinajstić information content (AvgIpc) is 2.97. The number of ether oxygens (including phenoxy) is 1. The predicted molar refractivity (Wildman–Crippen MR) is 178 cm³/mol. The molecule has 0 aliphatic heterocycles. The Morgan fingerprint density at radius 3 is 2.45 bits per heavy atom. The smallest absolute Gasteiger partial charge is 0.258 e. The number of unbranched alkanes of at least 4 members (excludes halogenated alkanes) is 1. The van der Waals surface area contributed by atoms with Crippen molar-refractivity contribution in [2.75, 3.05) is 56.9 Å². The molecule has 0 unspecified atom stereocenters. The van der Waals surface area contributed by atoms with E-state index in [-0.39, 0.29) is 11.5 Å². The van der Waals surface area contributed by atoms with Gasteiger partial charge in [0.25, 0.3) is 5.56 Å². The van der Waals surface area contributed by atoms with Crippen molar-refractivity contribution in [1.29, 1.82) is 5.41 Å². The summed E-state index contributed by atoms with van der Waals surface area (Å²) in [7, 11) is 9.30. The molecule has 0 aliphatic rings. The lowest BCUT2D eigenvalue weighted by molar-refractivity contribution is -0.111. The number of carbonyl (C=O) groups excluding carboxylic acids is 1. The summed E-state index contributed by atoms with van der Waals surface area (Å²) in [4.78, 5) is 34.1. The average molecular weight is 576 g/mol. The number of likely N-dealkylation sites (N-methyl/N-ethyl adjacent to an activating group) is 2. The Hall–Kier alpha value is -4.44. The van der Waals surface area contributed by atoms with Gasteiger partial charge in [0.05, 0.1) is 24.2 Å². The molecule has 0 aliphatic carbocycles. The summed E-state index contributed by atoms with van der Waals surface area (Å²) >= 11 is 0. The molecule has 0 fully saturated rings. The summed E-state index contributed by atoms with van der Waals surface area (Å²) in [6.07, 6.45) is 9.64. The highest BCUT2D eigenvalue weighted by Crippen LogP contribution is 2.37. The maximum atomic E-state index is 13.1. The molecule has 0 atom stereocenters. The van der Waals surface area contributed by atoms with Crippen LogP contribution in [0.2, 0.25) is 0 Å². The van der Waals surface area contributed by atoms with Crippen LogP contribution >= 0.6 is 0 Å². The first-order chi connectivity index (χ1) is 20.0. The summed E-state index contributed by atoms with van der Waals surface area (Å²) in [5.41, 5.74) is 2.84. The Morgan fingerprint density at radius 1 is 1.17 bits per heavy atom. The second kappa shape index (κ2) is 16.1. The zero-order valence-electron chi connectivity index (χ0n) is 26.2. The van der Waals surface area contributed by atoms with Gasteiger partial charge in [-0.2, -0.15) is 0 Å². The lowest BCUT2D eigenvalue weighted by Gasteiger charge is -2.26. The molecular weight excluding hydrogens is 530 g/mol. The number of amidine groups is 1. The summed E-state index contributed by atoms with van der Waals surface area (Å²) in [5, 5.41) is 15.5. The van der Waals surface area contributed by atoms with E-state index in [0.29, 0.717) is 34.1 Å². The number of hydrogen-bond acceptors (Lipinski definition) is 7. The zero-order valence-corrected chi connectivity index (χ0v) is 26.2. The fourth-order valence-corrected chi connectivity index (χ4v) is 4.24. The molecule has 2 rings (SSSR count). The molecule has 0 radical (unpaired) electrons. The molecule has 3 N–H and O–H groups in total. The van der Waals surface area contributed by atoms with Crippen molar-refractivity contribution in [1.82, 2.24) is 9.47 Å². The fourth-order valence-electron chi connectivity index (χ4n) is 4.24. The topological polar surface area (TPSA) is 115 Å². The summed E-state index contributed by atoms with van der Waals surface area (Å²) in [6, 6.07) is 5.47. The molecule has 1 aromatic heterocycles. The number of aromatic nitrogens is 1. The third kappa shape index (κ3) is 8.78. The van der Waals surface area contributed by atoms with Gasteiger partial charge in [0.1, 0.15) is 11.6 Å². The Balaban J connectivity index is 2.65. The van der Waals surface area contributed by atoms with Gasteiger partial charge in [-0.25, -0.2) is 4.99 Å². The summed E-state index contributed by atoms with van der Waals surface area (Å²) in [5.74, 6) is 0.829. The van der Waals surface area contributed by atoms with Crippen molar-refractivity contribution in [2.24, 2.45) is 12.0 Å². The highest BCUT2D eigenvalue weighted by molar-refractivity contribution is 6.08. The van der Waals surface area contributed by atoms with Gasteiger partial charge < -0.3 is 35.1 Å². The van der Waals surface area contributed by atoms with Crippen LogP contribution < -0.4 is 36.4 Å². The number of allylic oxidation sites excluding steroid dienone is 2. The van der Waals surface area contributed by atoms with E-state index in [1.165, 1.54) is 12.3 Å². The van der Waals surface area contributed by atoms with E-state index in [2.05, 4.69) is 38.9 Å². The van der Waals surface area contributed by atoms with Gasteiger partial charge in [-0.3, -0.25) is 9.59 Å². The number of amides is 1. The molecule has 1 heterocycles. The van der Waals surface area contributed by atoms with Gasteiger partial charge in [-0.05, 0) is 52.6 Å². The Labute approximate surface area is 248 Å². The molecule has 226 valence electrons. The highest BCUT2D eigenvalue weighted by Gasteiger charge is 2.16. The summed E-state index contributed by atoms with van der Waals surface area (Å²) < 4.78 is 7.31. The van der Waals surface area contributed by atoms with Gasteiger partial charge in [-0.1, -0.05) is 32.1 Å².